The highest BCUT2D eigenvalue weighted by molar-refractivity contribution is 5.76. The Hall–Kier alpha value is -1.30. The van der Waals surface area contributed by atoms with Crippen LogP contribution in [0.4, 0.5) is 4.79 Å². The Morgan fingerprint density at radius 3 is 2.68 bits per heavy atom. The van der Waals surface area contributed by atoms with Gasteiger partial charge in [-0.3, -0.25) is 0 Å². The third-order valence-corrected chi connectivity index (χ3v) is 3.62. The summed E-state index contributed by atoms with van der Waals surface area (Å²) in [6.45, 7) is 2.58. The van der Waals surface area contributed by atoms with Gasteiger partial charge in [-0.1, -0.05) is 26.2 Å². The number of urea groups is 1. The van der Waals surface area contributed by atoms with Crippen molar-refractivity contribution in [3.05, 3.63) is 0 Å². The summed E-state index contributed by atoms with van der Waals surface area (Å²) in [7, 11) is 0. The van der Waals surface area contributed by atoms with Gasteiger partial charge in [0, 0.05) is 6.54 Å². The van der Waals surface area contributed by atoms with Crippen molar-refractivity contribution < 1.29 is 19.8 Å². The van der Waals surface area contributed by atoms with Crippen molar-refractivity contribution in [3.8, 4) is 0 Å². The van der Waals surface area contributed by atoms with Gasteiger partial charge in [-0.25, -0.2) is 9.59 Å². The lowest BCUT2D eigenvalue weighted by Gasteiger charge is -2.26. The molecule has 1 aliphatic rings. The molecule has 1 saturated carbocycles. The van der Waals surface area contributed by atoms with Gasteiger partial charge < -0.3 is 20.8 Å². The maximum Gasteiger partial charge on any atom is 0.334 e. The van der Waals surface area contributed by atoms with Gasteiger partial charge >= 0.3 is 12.0 Å². The fourth-order valence-corrected chi connectivity index (χ4v) is 2.55. The molecule has 4 N–H and O–H groups in total. The second-order valence-corrected chi connectivity index (χ2v) is 5.42. The predicted molar refractivity (Wildman–Crippen MR) is 70.8 cm³/mol. The minimum atomic E-state index is -1.55. The van der Waals surface area contributed by atoms with Gasteiger partial charge in [-0.2, -0.15) is 0 Å². The number of aliphatic hydroxyl groups excluding tert-OH is 1. The van der Waals surface area contributed by atoms with Crippen LogP contribution < -0.4 is 10.6 Å². The van der Waals surface area contributed by atoms with Crippen LogP contribution in [0.15, 0.2) is 0 Å². The van der Waals surface area contributed by atoms with E-state index in [0.717, 1.165) is 12.3 Å². The molecule has 2 amide bonds. The molecule has 3 unspecified atom stereocenters. The van der Waals surface area contributed by atoms with E-state index in [9.17, 15) is 9.59 Å². The van der Waals surface area contributed by atoms with Crippen LogP contribution in [0.5, 0.6) is 0 Å². The van der Waals surface area contributed by atoms with Gasteiger partial charge in [0.2, 0.25) is 0 Å². The Morgan fingerprint density at radius 1 is 1.32 bits per heavy atom. The molecule has 0 saturated heterocycles. The molecule has 0 aromatic heterocycles. The number of carboxylic acids is 1. The number of aliphatic hydroxyl groups is 1. The highest BCUT2D eigenvalue weighted by Crippen LogP contribution is 2.30. The second kappa shape index (κ2) is 7.99. The average Bonchev–Trinajstić information content (AvgIpc) is 2.36. The molecule has 0 spiro atoms. The fourth-order valence-electron chi connectivity index (χ4n) is 2.55. The van der Waals surface area contributed by atoms with Crippen LogP contribution in [0.3, 0.4) is 0 Å². The van der Waals surface area contributed by atoms with Crippen molar-refractivity contribution in [2.24, 2.45) is 11.8 Å². The molecule has 1 rings (SSSR count). The third kappa shape index (κ3) is 6.42. The minimum absolute atomic E-state index is 0.276. The van der Waals surface area contributed by atoms with Crippen molar-refractivity contribution in [1.82, 2.24) is 10.6 Å². The van der Waals surface area contributed by atoms with E-state index >= 15 is 0 Å². The lowest BCUT2D eigenvalue weighted by molar-refractivity contribution is -0.146. The Morgan fingerprint density at radius 2 is 2.05 bits per heavy atom. The molecular weight excluding hydrogens is 248 g/mol. The largest absolute Gasteiger partial charge is 0.479 e. The molecule has 0 radical (unpaired) electrons. The summed E-state index contributed by atoms with van der Waals surface area (Å²) in [6, 6.07) is -0.427. The zero-order valence-corrected chi connectivity index (χ0v) is 11.4. The molecule has 0 aliphatic heterocycles. The summed E-state index contributed by atoms with van der Waals surface area (Å²) >= 11 is 0. The lowest BCUT2D eigenvalue weighted by Crippen LogP contribution is -2.42. The number of aliphatic carboxylic acids is 1. The molecular formula is C13H24N2O4. The number of nitrogens with one attached hydrogen (secondary N) is 2. The SMILES string of the molecule is CC1CCCC(CCNC(=O)NCC(O)C(=O)O)C1. The van der Waals surface area contributed by atoms with Gasteiger partial charge in [0.1, 0.15) is 0 Å². The summed E-state index contributed by atoms with van der Waals surface area (Å²) in [5.41, 5.74) is 0. The Balaban J connectivity index is 2.08. The molecule has 0 heterocycles. The van der Waals surface area contributed by atoms with Crippen LogP contribution in [0, 0.1) is 11.8 Å². The molecule has 110 valence electrons. The number of carbonyl (C=O) groups is 2. The van der Waals surface area contributed by atoms with Crippen LogP contribution >= 0.6 is 0 Å². The summed E-state index contributed by atoms with van der Waals surface area (Å²) in [4.78, 5) is 21.7. The first-order valence-electron chi connectivity index (χ1n) is 6.91. The Bertz CT molecular complexity index is 309. The first-order chi connectivity index (χ1) is 8.99. The molecule has 1 aliphatic carbocycles. The van der Waals surface area contributed by atoms with Gasteiger partial charge in [0.15, 0.2) is 6.10 Å². The fraction of sp³-hybridized carbons (Fsp3) is 0.846. The number of rotatable bonds is 6. The van der Waals surface area contributed by atoms with E-state index in [4.69, 9.17) is 10.2 Å². The van der Waals surface area contributed by atoms with Gasteiger partial charge in [-0.05, 0) is 24.7 Å². The van der Waals surface area contributed by atoms with E-state index in [1.54, 1.807) is 0 Å². The normalized spacial score (nSPS) is 24.5. The van der Waals surface area contributed by atoms with Gasteiger partial charge in [-0.15, -0.1) is 0 Å². The zero-order valence-electron chi connectivity index (χ0n) is 11.4. The van der Waals surface area contributed by atoms with Crippen molar-refractivity contribution in [2.75, 3.05) is 13.1 Å². The lowest BCUT2D eigenvalue weighted by atomic mass is 9.81. The summed E-state index contributed by atoms with van der Waals surface area (Å²) in [5, 5.41) is 22.5. The van der Waals surface area contributed by atoms with Crippen molar-refractivity contribution in [3.63, 3.8) is 0 Å². The molecule has 1 fully saturated rings. The second-order valence-electron chi connectivity index (χ2n) is 5.42. The first kappa shape index (κ1) is 15.8. The number of amides is 2. The van der Waals surface area contributed by atoms with E-state index in [1.165, 1.54) is 25.7 Å². The number of carboxylic acid groups (broad SMARTS) is 1. The van der Waals surface area contributed by atoms with E-state index in [0.29, 0.717) is 12.5 Å². The monoisotopic (exact) mass is 272 g/mol. The van der Waals surface area contributed by atoms with Crippen molar-refractivity contribution >= 4 is 12.0 Å². The maximum absolute atomic E-state index is 11.3. The van der Waals surface area contributed by atoms with Gasteiger partial charge in [0.25, 0.3) is 0 Å². The first-order valence-corrected chi connectivity index (χ1v) is 6.91. The minimum Gasteiger partial charge on any atom is -0.479 e. The van der Waals surface area contributed by atoms with Gasteiger partial charge in [0.05, 0.1) is 6.54 Å². The highest BCUT2D eigenvalue weighted by atomic mass is 16.4. The standard InChI is InChI=1S/C13H24N2O4/c1-9-3-2-4-10(7-9)5-6-14-13(19)15-8-11(16)12(17)18/h9-11,16H,2-8H2,1H3,(H,17,18)(H2,14,15,19). The van der Waals surface area contributed by atoms with Crippen LogP contribution in [0.25, 0.3) is 0 Å². The summed E-state index contributed by atoms with van der Waals surface area (Å²) < 4.78 is 0. The van der Waals surface area contributed by atoms with Crippen LogP contribution in [0.2, 0.25) is 0 Å². The number of hydrogen-bond donors (Lipinski definition) is 4. The predicted octanol–water partition coefficient (Wildman–Crippen LogP) is 0.947. The van der Waals surface area contributed by atoms with Crippen molar-refractivity contribution in [1.29, 1.82) is 0 Å². The summed E-state index contributed by atoms with van der Waals surface area (Å²) in [5.74, 6) is 0.114. The molecule has 0 bridgehead atoms. The number of carbonyl (C=O) groups excluding carboxylic acids is 1. The Labute approximate surface area is 113 Å². The maximum atomic E-state index is 11.3. The smallest absolute Gasteiger partial charge is 0.334 e. The number of hydrogen-bond acceptors (Lipinski definition) is 3. The Kier molecular flexibility index (Phi) is 6.62. The third-order valence-electron chi connectivity index (χ3n) is 3.62. The molecule has 6 nitrogen and oxygen atoms in total. The topological polar surface area (TPSA) is 98.7 Å². The van der Waals surface area contributed by atoms with Crippen LogP contribution in [0.1, 0.15) is 39.0 Å². The van der Waals surface area contributed by atoms with Crippen LogP contribution in [-0.4, -0.2) is 41.4 Å². The molecule has 0 aromatic rings. The quantitative estimate of drug-likeness (QED) is 0.578. The average molecular weight is 272 g/mol. The molecule has 6 heteroatoms. The molecule has 3 atom stereocenters. The molecule has 0 aromatic carbocycles. The summed E-state index contributed by atoms with van der Waals surface area (Å²) in [6.07, 6.45) is 4.43. The van der Waals surface area contributed by atoms with E-state index < -0.39 is 18.1 Å². The van der Waals surface area contributed by atoms with Crippen LogP contribution in [-0.2, 0) is 4.79 Å². The van der Waals surface area contributed by atoms with E-state index in [-0.39, 0.29) is 6.54 Å². The van der Waals surface area contributed by atoms with E-state index in [1.807, 2.05) is 0 Å². The molecule has 19 heavy (non-hydrogen) atoms. The zero-order chi connectivity index (χ0) is 14.3. The highest BCUT2D eigenvalue weighted by Gasteiger charge is 2.18. The van der Waals surface area contributed by atoms with Crippen molar-refractivity contribution in [2.45, 2.75) is 45.1 Å². The van der Waals surface area contributed by atoms with E-state index in [2.05, 4.69) is 17.6 Å².